The van der Waals surface area contributed by atoms with Crippen LogP contribution in [-0.4, -0.2) is 58.5 Å². The van der Waals surface area contributed by atoms with E-state index in [1.165, 1.54) is 0 Å². The number of rotatable bonds is 5. The average Bonchev–Trinajstić information content (AvgIpc) is 2.88. The maximum atomic E-state index is 12.7. The molecule has 0 radical (unpaired) electrons. The normalized spacial score (nSPS) is 13.8. The number of nitrogens with two attached hydrogens (primary N) is 1. The van der Waals surface area contributed by atoms with Gasteiger partial charge in [0.1, 0.15) is 11.3 Å². The summed E-state index contributed by atoms with van der Waals surface area (Å²) >= 11 is 12.3. The summed E-state index contributed by atoms with van der Waals surface area (Å²) < 4.78 is 5.60. The van der Waals surface area contributed by atoms with Crippen LogP contribution in [0.1, 0.15) is 0 Å². The van der Waals surface area contributed by atoms with E-state index in [4.69, 9.17) is 38.7 Å². The van der Waals surface area contributed by atoms with E-state index in [0.717, 1.165) is 11.3 Å². The van der Waals surface area contributed by atoms with Crippen molar-refractivity contribution in [3.05, 3.63) is 70.7 Å². The molecule has 3 heterocycles. The first kappa shape index (κ1) is 23.1. The number of aromatic nitrogens is 3. The number of carbonyl (C=O) groups is 1. The second kappa shape index (κ2) is 9.93. The summed E-state index contributed by atoms with van der Waals surface area (Å²) in [6, 6.07) is 18.2. The molecule has 1 aliphatic rings. The van der Waals surface area contributed by atoms with Crippen LogP contribution in [0.4, 0.5) is 11.8 Å². The molecule has 0 saturated carbocycles. The van der Waals surface area contributed by atoms with E-state index >= 15 is 0 Å². The molecule has 4 aromatic rings. The monoisotopic (exact) mass is 508 g/mol. The zero-order valence-electron chi connectivity index (χ0n) is 18.7. The van der Waals surface area contributed by atoms with Gasteiger partial charge in [0.2, 0.25) is 5.95 Å². The van der Waals surface area contributed by atoms with Crippen molar-refractivity contribution in [2.75, 3.05) is 43.4 Å². The number of benzene rings is 2. The molecule has 8 nitrogen and oxygen atoms in total. The van der Waals surface area contributed by atoms with Crippen molar-refractivity contribution in [3.63, 3.8) is 0 Å². The van der Waals surface area contributed by atoms with Gasteiger partial charge in [0.05, 0.1) is 11.2 Å². The van der Waals surface area contributed by atoms with Crippen LogP contribution in [-0.2, 0) is 4.79 Å². The van der Waals surface area contributed by atoms with Gasteiger partial charge < -0.3 is 20.3 Å². The standard InChI is InChI=1S/C25H22Cl2N6O2/c26-16-5-7-17(8-6-16)35-15-22(34)32-11-13-33(14-12-32)24-23-21(30-25(28)31-24)10-9-20(29-23)18-3-1-2-4-19(18)27/h1-10H,11-15H2,(H2,28,30,31). The molecular weight excluding hydrogens is 487 g/mol. The zero-order chi connectivity index (χ0) is 24.4. The number of carbonyl (C=O) groups excluding carboxylic acids is 1. The number of amides is 1. The Morgan fingerprint density at radius 3 is 2.40 bits per heavy atom. The Morgan fingerprint density at radius 2 is 1.66 bits per heavy atom. The van der Waals surface area contributed by atoms with E-state index in [9.17, 15) is 4.79 Å². The third-order valence-corrected chi connectivity index (χ3v) is 6.38. The third kappa shape index (κ3) is 5.08. The molecular formula is C25H22Cl2N6O2. The predicted molar refractivity (Wildman–Crippen MR) is 138 cm³/mol. The molecule has 0 aliphatic carbocycles. The minimum atomic E-state index is -0.0780. The zero-order valence-corrected chi connectivity index (χ0v) is 20.2. The Bertz CT molecular complexity index is 1370. The van der Waals surface area contributed by atoms with Gasteiger partial charge in [-0.05, 0) is 42.5 Å². The molecule has 0 spiro atoms. The van der Waals surface area contributed by atoms with Crippen molar-refractivity contribution in [2.24, 2.45) is 0 Å². The summed E-state index contributed by atoms with van der Waals surface area (Å²) in [7, 11) is 0. The van der Waals surface area contributed by atoms with Crippen molar-refractivity contribution in [1.82, 2.24) is 19.9 Å². The van der Waals surface area contributed by atoms with Crippen LogP contribution < -0.4 is 15.4 Å². The first-order valence-electron chi connectivity index (χ1n) is 11.1. The summed E-state index contributed by atoms with van der Waals surface area (Å²) in [5.41, 5.74) is 8.85. The Hall–Kier alpha value is -3.62. The fourth-order valence-corrected chi connectivity index (χ4v) is 4.35. The summed E-state index contributed by atoms with van der Waals surface area (Å²) in [5.74, 6) is 1.34. The Labute approximate surface area is 212 Å². The van der Waals surface area contributed by atoms with E-state index in [2.05, 4.69) is 14.9 Å². The number of hydrogen-bond acceptors (Lipinski definition) is 7. The van der Waals surface area contributed by atoms with Crippen LogP contribution in [0.5, 0.6) is 5.75 Å². The summed E-state index contributed by atoms with van der Waals surface area (Å²) in [6.45, 7) is 2.18. The van der Waals surface area contributed by atoms with E-state index in [0.29, 0.717) is 58.8 Å². The molecule has 178 valence electrons. The lowest BCUT2D eigenvalue weighted by Gasteiger charge is -2.35. The number of fused-ring (bicyclic) bond motifs is 1. The summed E-state index contributed by atoms with van der Waals surface area (Å²) in [6.07, 6.45) is 0. The molecule has 10 heteroatoms. The van der Waals surface area contributed by atoms with Crippen LogP contribution in [0.3, 0.4) is 0 Å². The van der Waals surface area contributed by atoms with Gasteiger partial charge in [0, 0.05) is 41.8 Å². The lowest BCUT2D eigenvalue weighted by atomic mass is 10.1. The second-order valence-electron chi connectivity index (χ2n) is 8.06. The van der Waals surface area contributed by atoms with Crippen molar-refractivity contribution in [1.29, 1.82) is 0 Å². The van der Waals surface area contributed by atoms with Gasteiger partial charge in [-0.2, -0.15) is 4.98 Å². The topological polar surface area (TPSA) is 97.5 Å². The van der Waals surface area contributed by atoms with E-state index in [-0.39, 0.29) is 18.5 Å². The Balaban J connectivity index is 1.31. The summed E-state index contributed by atoms with van der Waals surface area (Å²) in [4.78, 5) is 30.2. The predicted octanol–water partition coefficient (Wildman–Crippen LogP) is 4.31. The molecule has 0 bridgehead atoms. The molecule has 5 rings (SSSR count). The molecule has 2 aromatic heterocycles. The highest BCUT2D eigenvalue weighted by Gasteiger charge is 2.25. The number of pyridine rings is 1. The van der Waals surface area contributed by atoms with E-state index < -0.39 is 0 Å². The number of piperazine rings is 1. The molecule has 1 saturated heterocycles. The smallest absolute Gasteiger partial charge is 0.260 e. The molecule has 1 aliphatic heterocycles. The maximum Gasteiger partial charge on any atom is 0.260 e. The largest absolute Gasteiger partial charge is 0.484 e. The number of nitrogens with zero attached hydrogens (tertiary/aromatic N) is 5. The lowest BCUT2D eigenvalue weighted by molar-refractivity contribution is -0.133. The Morgan fingerprint density at radius 1 is 0.914 bits per heavy atom. The fourth-order valence-electron chi connectivity index (χ4n) is 3.99. The highest BCUT2D eigenvalue weighted by Crippen LogP contribution is 2.30. The van der Waals surface area contributed by atoms with Crippen molar-refractivity contribution >= 4 is 51.9 Å². The van der Waals surface area contributed by atoms with Gasteiger partial charge in [-0.25, -0.2) is 9.97 Å². The number of ether oxygens (including phenoxy) is 1. The number of anilines is 2. The minimum absolute atomic E-state index is 0.0340. The third-order valence-electron chi connectivity index (χ3n) is 5.80. The van der Waals surface area contributed by atoms with Crippen molar-refractivity contribution in [3.8, 4) is 17.0 Å². The van der Waals surface area contributed by atoms with Gasteiger partial charge in [-0.3, -0.25) is 4.79 Å². The van der Waals surface area contributed by atoms with Gasteiger partial charge >= 0.3 is 0 Å². The minimum Gasteiger partial charge on any atom is -0.484 e. The molecule has 0 unspecified atom stereocenters. The second-order valence-corrected chi connectivity index (χ2v) is 8.90. The number of halogens is 2. The maximum absolute atomic E-state index is 12.7. The van der Waals surface area contributed by atoms with E-state index in [1.54, 1.807) is 29.2 Å². The van der Waals surface area contributed by atoms with Crippen LogP contribution in [0.25, 0.3) is 22.3 Å². The summed E-state index contributed by atoms with van der Waals surface area (Å²) in [5, 5.41) is 1.23. The SMILES string of the molecule is Nc1nc(N2CCN(C(=O)COc3ccc(Cl)cc3)CC2)c2nc(-c3ccccc3Cl)ccc2n1. The number of nitrogen functional groups attached to an aromatic ring is 1. The highest BCUT2D eigenvalue weighted by molar-refractivity contribution is 6.33. The van der Waals surface area contributed by atoms with Crippen LogP contribution in [0.2, 0.25) is 10.0 Å². The van der Waals surface area contributed by atoms with Gasteiger partial charge in [0.15, 0.2) is 12.4 Å². The van der Waals surface area contributed by atoms with Crippen LogP contribution in [0.15, 0.2) is 60.7 Å². The average molecular weight is 509 g/mol. The molecule has 1 fully saturated rings. The fraction of sp³-hybridized carbons (Fsp3) is 0.200. The van der Waals surface area contributed by atoms with Gasteiger partial charge in [-0.15, -0.1) is 0 Å². The van der Waals surface area contributed by atoms with Crippen molar-refractivity contribution in [2.45, 2.75) is 0 Å². The number of hydrogen-bond donors (Lipinski definition) is 1. The molecule has 35 heavy (non-hydrogen) atoms. The molecule has 0 atom stereocenters. The quantitative estimate of drug-likeness (QED) is 0.428. The van der Waals surface area contributed by atoms with Gasteiger partial charge in [0.25, 0.3) is 5.91 Å². The van der Waals surface area contributed by atoms with Crippen molar-refractivity contribution < 1.29 is 9.53 Å². The molecule has 2 aromatic carbocycles. The first-order valence-corrected chi connectivity index (χ1v) is 11.8. The lowest BCUT2D eigenvalue weighted by Crippen LogP contribution is -2.50. The van der Waals surface area contributed by atoms with E-state index in [1.807, 2.05) is 36.4 Å². The van der Waals surface area contributed by atoms with Crippen LogP contribution in [0, 0.1) is 0 Å². The van der Waals surface area contributed by atoms with Gasteiger partial charge in [-0.1, -0.05) is 41.4 Å². The first-order chi connectivity index (χ1) is 17.0. The van der Waals surface area contributed by atoms with Crippen LogP contribution >= 0.6 is 23.2 Å². The highest BCUT2D eigenvalue weighted by atomic mass is 35.5. The Kier molecular flexibility index (Phi) is 6.57. The molecule has 2 N–H and O–H groups in total. The molecule has 1 amide bonds.